The average Bonchev–Trinajstić information content (AvgIpc) is 3.79. The molecule has 3 nitrogen and oxygen atoms in total. The van der Waals surface area contributed by atoms with Gasteiger partial charge in [0.2, 0.25) is 0 Å². The summed E-state index contributed by atoms with van der Waals surface area (Å²) in [6, 6.07) is 41.0. The zero-order chi connectivity index (χ0) is 50.9. The Balaban J connectivity index is 1.11. The maximum absolute atomic E-state index is 7.20. The van der Waals surface area contributed by atoms with Crippen molar-refractivity contribution < 1.29 is 4.42 Å². The molecule has 0 unspecified atom stereocenters. The lowest BCUT2D eigenvalue weighted by Crippen LogP contribution is -2.42. The van der Waals surface area contributed by atoms with Crippen molar-refractivity contribution in [2.24, 2.45) is 0 Å². The first-order valence-corrected chi connectivity index (χ1v) is 27.6. The van der Waals surface area contributed by atoms with Crippen molar-refractivity contribution in [3.8, 4) is 33.4 Å². The number of nitrogens with one attached hydrogen (secondary N) is 1. The van der Waals surface area contributed by atoms with E-state index in [-0.39, 0.29) is 37.9 Å². The Labute approximate surface area is 435 Å². The zero-order valence-corrected chi connectivity index (χ0v) is 46.0. The number of para-hydroxylation sites is 1. The second-order valence-corrected chi connectivity index (χ2v) is 28.0. The molecular formula is C69H72BN2O. The van der Waals surface area contributed by atoms with Gasteiger partial charge in [-0.25, -0.2) is 0 Å². The molecule has 0 amide bonds. The summed E-state index contributed by atoms with van der Waals surface area (Å²) in [5.74, 6) is 0. The lowest BCUT2D eigenvalue weighted by atomic mass is 9.56. The Morgan fingerprint density at radius 3 is 1.67 bits per heavy atom. The van der Waals surface area contributed by atoms with Crippen molar-refractivity contribution >= 4 is 68.6 Å². The molecule has 73 heavy (non-hydrogen) atoms. The molecule has 3 heterocycles. The van der Waals surface area contributed by atoms with E-state index in [0.29, 0.717) is 0 Å². The molecule has 1 N–H and O–H groups in total. The van der Waals surface area contributed by atoms with E-state index in [1.54, 1.807) is 0 Å². The van der Waals surface area contributed by atoms with Crippen LogP contribution < -0.4 is 21.1 Å². The minimum Gasteiger partial charge on any atom is -0.456 e. The van der Waals surface area contributed by atoms with Crippen LogP contribution in [0, 0.1) is 0 Å². The summed E-state index contributed by atoms with van der Waals surface area (Å²) in [6.07, 6.45) is 6.97. The molecule has 8 aromatic rings. The van der Waals surface area contributed by atoms with Crippen LogP contribution in [-0.4, -0.2) is 7.28 Å². The van der Waals surface area contributed by atoms with E-state index in [2.05, 4.69) is 218 Å². The number of benzene rings is 7. The molecule has 7 aromatic carbocycles. The summed E-state index contributed by atoms with van der Waals surface area (Å²) in [6.45, 7) is 34.4. The van der Waals surface area contributed by atoms with Crippen LogP contribution in [0.5, 0.6) is 0 Å². The van der Waals surface area contributed by atoms with Crippen LogP contribution in [0.3, 0.4) is 0 Å². The SMILES string of the molecule is CC1(C)CCC(C)(C)c2cc(Nc3cc4c(cc3-c3c5c(cc6oc7ccccc7c36)N3c6cc7c(cc6-c6cccc8c6-c6c(ccc(c63)[B]5)C8(C)C)C(C)(C)CCC7(C)C)C(C)(C)CCC4(C)C)ccc21. The van der Waals surface area contributed by atoms with Gasteiger partial charge in [0.25, 0.3) is 0 Å². The largest absolute Gasteiger partial charge is 0.456 e. The molecule has 4 heteroatoms. The van der Waals surface area contributed by atoms with Crippen LogP contribution in [0.1, 0.15) is 180 Å². The zero-order valence-electron chi connectivity index (χ0n) is 46.0. The maximum Gasteiger partial charge on any atom is 0.197 e. The molecule has 367 valence electrons. The normalized spacial score (nSPS) is 20.7. The van der Waals surface area contributed by atoms with Gasteiger partial charge in [-0.05, 0) is 180 Å². The predicted octanol–water partition coefficient (Wildman–Crippen LogP) is 17.8. The van der Waals surface area contributed by atoms with Gasteiger partial charge >= 0.3 is 0 Å². The lowest BCUT2D eigenvalue weighted by molar-refractivity contribution is 0.332. The monoisotopic (exact) mass is 956 g/mol. The summed E-state index contributed by atoms with van der Waals surface area (Å²) in [4.78, 5) is 2.71. The molecule has 1 radical (unpaired) electrons. The Bertz CT molecular complexity index is 3790. The predicted molar refractivity (Wildman–Crippen MR) is 311 cm³/mol. The first-order valence-electron chi connectivity index (χ1n) is 27.6. The van der Waals surface area contributed by atoms with Crippen molar-refractivity contribution in [1.82, 2.24) is 0 Å². The summed E-state index contributed by atoms with van der Waals surface area (Å²) >= 11 is 0. The first-order chi connectivity index (χ1) is 34.4. The highest BCUT2D eigenvalue weighted by molar-refractivity contribution is 6.74. The number of furan rings is 1. The maximum atomic E-state index is 7.20. The third-order valence-corrected chi connectivity index (χ3v) is 20.2. The Morgan fingerprint density at radius 2 is 1.00 bits per heavy atom. The molecule has 6 aliphatic rings. The molecule has 0 saturated heterocycles. The number of anilines is 5. The standard InChI is InChI=1S/C69H72BN2O/c1-63(2)26-27-64(3,4)46-32-38(22-23-43(46)63)71-52-35-49-48(66(7,8)28-30-67(49,9)10)34-42(52)59-58-40-18-15-16-21-55(40)73-56(58)37-54-61(59)70-51-25-24-45-60-57-39(19-17-20-44(57)69(45,13)14)41-33-47-50(36-53(41)72(54)62(51)60)68(11,12)31-29-65(47,5)6/h15-25,32-37,71H,26-31H2,1-14H3. The van der Waals surface area contributed by atoms with Gasteiger partial charge in [0, 0.05) is 61.7 Å². The van der Waals surface area contributed by atoms with E-state index < -0.39 is 0 Å². The second kappa shape index (κ2) is 14.2. The minimum absolute atomic E-state index is 0.0114. The van der Waals surface area contributed by atoms with Gasteiger partial charge in [-0.3, -0.25) is 0 Å². The molecule has 0 atom stereocenters. The highest BCUT2D eigenvalue weighted by Gasteiger charge is 2.47. The van der Waals surface area contributed by atoms with Crippen LogP contribution in [-0.2, 0) is 37.9 Å². The number of hydrogen-bond acceptors (Lipinski definition) is 3. The highest BCUT2D eigenvalue weighted by atomic mass is 16.3. The van der Waals surface area contributed by atoms with Crippen LogP contribution in [0.15, 0.2) is 108 Å². The fourth-order valence-corrected chi connectivity index (χ4v) is 15.2. The molecule has 0 fully saturated rings. The van der Waals surface area contributed by atoms with Gasteiger partial charge in [0.05, 0.1) is 5.69 Å². The number of hydrogen-bond donors (Lipinski definition) is 1. The van der Waals surface area contributed by atoms with Gasteiger partial charge < -0.3 is 14.6 Å². The highest BCUT2D eigenvalue weighted by Crippen LogP contribution is 2.63. The van der Waals surface area contributed by atoms with Crippen molar-refractivity contribution in [2.75, 3.05) is 10.2 Å². The quantitative estimate of drug-likeness (QED) is 0.179. The summed E-state index contributed by atoms with van der Waals surface area (Å²) in [5, 5.41) is 6.56. The number of fused-ring (bicyclic) bond motifs is 11. The van der Waals surface area contributed by atoms with Crippen LogP contribution in [0.2, 0.25) is 0 Å². The molecule has 0 bridgehead atoms. The van der Waals surface area contributed by atoms with Crippen molar-refractivity contribution in [3.05, 3.63) is 148 Å². The molecule has 1 aromatic heterocycles. The van der Waals surface area contributed by atoms with Crippen molar-refractivity contribution in [3.63, 3.8) is 0 Å². The van der Waals surface area contributed by atoms with E-state index in [1.165, 1.54) is 131 Å². The summed E-state index contributed by atoms with van der Waals surface area (Å²) in [5.41, 5.74) is 30.1. The Kier molecular flexibility index (Phi) is 8.89. The van der Waals surface area contributed by atoms with Gasteiger partial charge in [0.1, 0.15) is 11.2 Å². The topological polar surface area (TPSA) is 28.4 Å². The lowest BCUT2D eigenvalue weighted by Gasteiger charge is -2.44. The van der Waals surface area contributed by atoms with E-state index >= 15 is 0 Å². The van der Waals surface area contributed by atoms with Crippen LogP contribution in [0.25, 0.3) is 55.3 Å². The van der Waals surface area contributed by atoms with Crippen LogP contribution in [0.4, 0.5) is 28.4 Å². The Morgan fingerprint density at radius 1 is 0.438 bits per heavy atom. The van der Waals surface area contributed by atoms with E-state index in [4.69, 9.17) is 4.42 Å². The van der Waals surface area contributed by atoms with E-state index in [9.17, 15) is 0 Å². The summed E-state index contributed by atoms with van der Waals surface area (Å²) < 4.78 is 7.20. The average molecular weight is 956 g/mol. The van der Waals surface area contributed by atoms with Crippen LogP contribution >= 0.6 is 0 Å². The summed E-state index contributed by atoms with van der Waals surface area (Å²) in [7, 11) is 2.56. The van der Waals surface area contributed by atoms with Gasteiger partial charge in [0.15, 0.2) is 7.28 Å². The molecule has 2 aliphatic heterocycles. The van der Waals surface area contributed by atoms with Crippen molar-refractivity contribution in [1.29, 1.82) is 0 Å². The Hall–Kier alpha value is -6.00. The number of nitrogens with zero attached hydrogens (tertiary/aromatic N) is 1. The van der Waals surface area contributed by atoms with E-state index in [0.717, 1.165) is 47.2 Å². The third kappa shape index (κ3) is 6.13. The molecule has 14 rings (SSSR count). The number of rotatable bonds is 3. The third-order valence-electron chi connectivity index (χ3n) is 20.2. The van der Waals surface area contributed by atoms with Gasteiger partial charge in [-0.15, -0.1) is 0 Å². The van der Waals surface area contributed by atoms with Crippen molar-refractivity contribution in [2.45, 2.75) is 173 Å². The first kappa shape index (κ1) is 45.6. The molecule has 4 aliphatic carbocycles. The fourth-order valence-electron chi connectivity index (χ4n) is 15.2. The second-order valence-electron chi connectivity index (χ2n) is 28.0. The molecular weight excluding hydrogens is 884 g/mol. The smallest absolute Gasteiger partial charge is 0.197 e. The molecule has 0 spiro atoms. The van der Waals surface area contributed by atoms with Gasteiger partial charge in [-0.1, -0.05) is 157 Å². The minimum atomic E-state index is -0.158. The molecule has 0 saturated carbocycles. The van der Waals surface area contributed by atoms with Gasteiger partial charge in [-0.2, -0.15) is 0 Å². The van der Waals surface area contributed by atoms with E-state index in [1.807, 2.05) is 0 Å². The fraction of sp³-hybridized carbons (Fsp3) is 0.391.